The van der Waals surface area contributed by atoms with Crippen molar-refractivity contribution in [3.8, 4) is 0 Å². The summed E-state index contributed by atoms with van der Waals surface area (Å²) in [5, 5.41) is 31.4. The summed E-state index contributed by atoms with van der Waals surface area (Å²) in [5.41, 5.74) is 0. The lowest BCUT2D eigenvalue weighted by molar-refractivity contribution is -0.140. The molecule has 2 amide bonds. The van der Waals surface area contributed by atoms with Gasteiger partial charge in [-0.15, -0.1) is 0 Å². The smallest absolute Gasteiger partial charge is 0.328 e. The fourth-order valence-electron chi connectivity index (χ4n) is 1.79. The normalized spacial score (nSPS) is 26.0. The molecule has 0 radical (unpaired) electrons. The van der Waals surface area contributed by atoms with Crippen molar-refractivity contribution in [3.63, 3.8) is 0 Å². The number of carbonyl (C=O) groups is 2. The van der Waals surface area contributed by atoms with Crippen LogP contribution in [0.25, 0.3) is 0 Å². The maximum absolute atomic E-state index is 11.4. The minimum atomic E-state index is -1.29. The molecule has 1 fully saturated rings. The van der Waals surface area contributed by atoms with E-state index in [-0.39, 0.29) is 12.1 Å². The van der Waals surface area contributed by atoms with Gasteiger partial charge in [0.05, 0.1) is 12.7 Å². The summed E-state index contributed by atoms with van der Waals surface area (Å²) in [5.74, 6) is -1.28. The fraction of sp³-hybridized carbons (Fsp3) is 0.800. The Morgan fingerprint density at radius 2 is 1.82 bits per heavy atom. The molecular weight excluding hydrogens is 228 g/mol. The van der Waals surface area contributed by atoms with Crippen LogP contribution in [0.2, 0.25) is 0 Å². The van der Waals surface area contributed by atoms with Crippen molar-refractivity contribution in [1.82, 2.24) is 10.6 Å². The van der Waals surface area contributed by atoms with Crippen LogP contribution in [0.4, 0.5) is 4.79 Å². The van der Waals surface area contributed by atoms with E-state index in [9.17, 15) is 14.7 Å². The van der Waals surface area contributed by atoms with Gasteiger partial charge in [-0.3, -0.25) is 0 Å². The van der Waals surface area contributed by atoms with Gasteiger partial charge in [-0.1, -0.05) is 0 Å². The summed E-state index contributed by atoms with van der Waals surface area (Å²) >= 11 is 0. The number of hydrogen-bond donors (Lipinski definition) is 5. The molecule has 0 aliphatic heterocycles. The molecule has 7 heteroatoms. The molecule has 0 saturated heterocycles. The highest BCUT2D eigenvalue weighted by molar-refractivity contribution is 5.82. The number of nitrogens with one attached hydrogen (secondary N) is 2. The zero-order chi connectivity index (χ0) is 12.8. The molecule has 0 aromatic rings. The van der Waals surface area contributed by atoms with E-state index in [0.717, 1.165) is 0 Å². The second-order valence-corrected chi connectivity index (χ2v) is 4.20. The molecule has 1 saturated carbocycles. The van der Waals surface area contributed by atoms with Crippen LogP contribution in [0, 0.1) is 0 Å². The number of carboxylic acid groups (broad SMARTS) is 1. The SMILES string of the molecule is O=C(NC1CCC(O)CC1)N[C@H](CO)C(=O)O. The van der Waals surface area contributed by atoms with E-state index in [1.165, 1.54) is 0 Å². The lowest BCUT2D eigenvalue weighted by Gasteiger charge is -2.26. The van der Waals surface area contributed by atoms with Crippen molar-refractivity contribution >= 4 is 12.0 Å². The molecule has 0 bridgehead atoms. The molecule has 1 aliphatic carbocycles. The first-order valence-corrected chi connectivity index (χ1v) is 5.61. The summed E-state index contributed by atoms with van der Waals surface area (Å²) in [6, 6.07) is -1.94. The van der Waals surface area contributed by atoms with Crippen molar-refractivity contribution in [2.24, 2.45) is 0 Å². The lowest BCUT2D eigenvalue weighted by Crippen LogP contribution is -2.51. The van der Waals surface area contributed by atoms with Gasteiger partial charge in [0, 0.05) is 6.04 Å². The van der Waals surface area contributed by atoms with Gasteiger partial charge in [0.15, 0.2) is 6.04 Å². The molecule has 0 spiro atoms. The van der Waals surface area contributed by atoms with Gasteiger partial charge in [-0.05, 0) is 25.7 Å². The number of amides is 2. The highest BCUT2D eigenvalue weighted by atomic mass is 16.4. The number of aliphatic hydroxyl groups excluding tert-OH is 2. The van der Waals surface area contributed by atoms with Crippen LogP contribution in [0.5, 0.6) is 0 Å². The van der Waals surface area contributed by atoms with E-state index >= 15 is 0 Å². The van der Waals surface area contributed by atoms with Crippen LogP contribution >= 0.6 is 0 Å². The predicted octanol–water partition coefficient (Wildman–Crippen LogP) is -0.965. The third-order valence-corrected chi connectivity index (χ3v) is 2.82. The van der Waals surface area contributed by atoms with Crippen molar-refractivity contribution in [1.29, 1.82) is 0 Å². The third-order valence-electron chi connectivity index (χ3n) is 2.82. The molecule has 98 valence electrons. The second kappa shape index (κ2) is 6.41. The van der Waals surface area contributed by atoms with Crippen LogP contribution in [0.1, 0.15) is 25.7 Å². The number of urea groups is 1. The molecule has 17 heavy (non-hydrogen) atoms. The summed E-state index contributed by atoms with van der Waals surface area (Å²) in [4.78, 5) is 22.0. The van der Waals surface area contributed by atoms with Crippen LogP contribution in [-0.4, -0.2) is 52.1 Å². The second-order valence-electron chi connectivity index (χ2n) is 4.20. The average molecular weight is 246 g/mol. The first kappa shape index (κ1) is 13.7. The van der Waals surface area contributed by atoms with E-state index in [1.807, 2.05) is 0 Å². The van der Waals surface area contributed by atoms with Gasteiger partial charge in [-0.2, -0.15) is 0 Å². The van der Waals surface area contributed by atoms with Gasteiger partial charge in [-0.25, -0.2) is 9.59 Å². The zero-order valence-electron chi connectivity index (χ0n) is 9.43. The molecule has 0 aromatic heterocycles. The third kappa shape index (κ3) is 4.58. The van der Waals surface area contributed by atoms with E-state index in [4.69, 9.17) is 10.2 Å². The molecule has 7 nitrogen and oxygen atoms in total. The van der Waals surface area contributed by atoms with E-state index in [2.05, 4.69) is 10.6 Å². The minimum absolute atomic E-state index is 0.0495. The quantitative estimate of drug-likeness (QED) is 0.437. The molecule has 5 N–H and O–H groups in total. The Labute approximate surface area is 98.8 Å². The molecule has 1 aliphatic rings. The largest absolute Gasteiger partial charge is 0.480 e. The number of hydrogen-bond acceptors (Lipinski definition) is 4. The molecule has 0 aromatic carbocycles. The Morgan fingerprint density at radius 1 is 1.24 bits per heavy atom. The van der Waals surface area contributed by atoms with Gasteiger partial charge >= 0.3 is 12.0 Å². The fourth-order valence-corrected chi connectivity index (χ4v) is 1.79. The lowest BCUT2D eigenvalue weighted by atomic mass is 9.93. The van der Waals surface area contributed by atoms with Gasteiger partial charge in [0.2, 0.25) is 0 Å². The maximum atomic E-state index is 11.4. The molecule has 0 heterocycles. The molecule has 0 unspecified atom stereocenters. The summed E-state index contributed by atoms with van der Waals surface area (Å²) < 4.78 is 0. The Hall–Kier alpha value is -1.34. The number of carbonyl (C=O) groups excluding carboxylic acids is 1. The summed E-state index contributed by atoms with van der Waals surface area (Å²) in [7, 11) is 0. The first-order valence-electron chi connectivity index (χ1n) is 5.61. The van der Waals surface area contributed by atoms with Crippen molar-refractivity contribution in [2.75, 3.05) is 6.61 Å². The molecular formula is C10H18N2O5. The van der Waals surface area contributed by atoms with Crippen LogP contribution < -0.4 is 10.6 Å². The Bertz CT molecular complexity index is 276. The zero-order valence-corrected chi connectivity index (χ0v) is 9.43. The predicted molar refractivity (Wildman–Crippen MR) is 58.4 cm³/mol. The van der Waals surface area contributed by atoms with Crippen LogP contribution in [-0.2, 0) is 4.79 Å². The van der Waals surface area contributed by atoms with Gasteiger partial charge in [0.1, 0.15) is 0 Å². The van der Waals surface area contributed by atoms with Gasteiger partial charge < -0.3 is 26.0 Å². The van der Waals surface area contributed by atoms with E-state index < -0.39 is 24.6 Å². The van der Waals surface area contributed by atoms with Crippen LogP contribution in [0.3, 0.4) is 0 Å². The number of aliphatic carboxylic acids is 1. The van der Waals surface area contributed by atoms with Crippen LogP contribution in [0.15, 0.2) is 0 Å². The Kier molecular flexibility index (Phi) is 5.17. The maximum Gasteiger partial charge on any atom is 0.328 e. The monoisotopic (exact) mass is 246 g/mol. The minimum Gasteiger partial charge on any atom is -0.480 e. The van der Waals surface area contributed by atoms with Crippen molar-refractivity contribution in [2.45, 2.75) is 43.9 Å². The first-order chi connectivity index (χ1) is 8.02. The highest BCUT2D eigenvalue weighted by Gasteiger charge is 2.23. The topological polar surface area (TPSA) is 119 Å². The summed E-state index contributed by atoms with van der Waals surface area (Å²) in [6.07, 6.45) is 2.30. The molecule has 1 rings (SSSR count). The number of carboxylic acids is 1. The standard InChI is InChI=1S/C10H18N2O5/c13-5-8(9(15)16)12-10(17)11-6-1-3-7(14)4-2-6/h6-8,13-14H,1-5H2,(H,15,16)(H2,11,12,17)/t6?,7?,8-/m1/s1. The summed E-state index contributed by atoms with van der Waals surface area (Å²) in [6.45, 7) is -0.647. The molecule has 1 atom stereocenters. The van der Waals surface area contributed by atoms with Crippen molar-refractivity contribution < 1.29 is 24.9 Å². The number of aliphatic hydroxyl groups is 2. The van der Waals surface area contributed by atoms with Crippen molar-refractivity contribution in [3.05, 3.63) is 0 Å². The Morgan fingerprint density at radius 3 is 2.29 bits per heavy atom. The van der Waals surface area contributed by atoms with E-state index in [0.29, 0.717) is 25.7 Å². The van der Waals surface area contributed by atoms with E-state index in [1.54, 1.807) is 0 Å². The highest BCUT2D eigenvalue weighted by Crippen LogP contribution is 2.17. The average Bonchev–Trinajstić information content (AvgIpc) is 2.28. The van der Waals surface area contributed by atoms with Gasteiger partial charge in [0.25, 0.3) is 0 Å². The Balaban J connectivity index is 2.31. The number of rotatable bonds is 4.